The van der Waals surface area contributed by atoms with Gasteiger partial charge < -0.3 is 5.73 Å². The number of nitrogens with two attached hydrogens (primary N) is 1. The largest absolute Gasteiger partial charge is 0.329 e. The lowest BCUT2D eigenvalue weighted by atomic mass is 10.0. The van der Waals surface area contributed by atoms with Crippen LogP contribution in [0, 0.1) is 0 Å². The highest BCUT2D eigenvalue weighted by Crippen LogP contribution is 2.20. The molecule has 1 aliphatic rings. The van der Waals surface area contributed by atoms with Crippen molar-refractivity contribution in [1.82, 2.24) is 4.90 Å². The van der Waals surface area contributed by atoms with E-state index in [4.69, 9.17) is 5.73 Å². The summed E-state index contributed by atoms with van der Waals surface area (Å²) in [6, 6.07) is 11.9. The Bertz CT molecular complexity index is 336. The van der Waals surface area contributed by atoms with E-state index in [1.807, 2.05) is 0 Å². The predicted molar refractivity (Wildman–Crippen MR) is 77.6 cm³/mol. The number of rotatable bonds is 4. The number of likely N-dealkylation sites (tertiary alicyclic amines) is 1. The lowest BCUT2D eigenvalue weighted by Gasteiger charge is -2.34. The molecule has 0 aromatic heterocycles. The Balaban J connectivity index is 2.02. The van der Waals surface area contributed by atoms with Crippen molar-refractivity contribution in [3.63, 3.8) is 0 Å². The van der Waals surface area contributed by atoms with Gasteiger partial charge in [0.1, 0.15) is 0 Å². The molecule has 1 aliphatic heterocycles. The highest BCUT2D eigenvalue weighted by molar-refractivity contribution is 5.16. The first-order valence-electron chi connectivity index (χ1n) is 7.31. The molecule has 0 amide bonds. The third-order valence-electron chi connectivity index (χ3n) is 4.16. The lowest BCUT2D eigenvalue weighted by molar-refractivity contribution is 0.149. The molecule has 1 heterocycles. The molecular weight excluding hydrogens is 220 g/mol. The highest BCUT2D eigenvalue weighted by Gasteiger charge is 2.23. The van der Waals surface area contributed by atoms with E-state index < -0.39 is 0 Å². The number of nitrogens with zero attached hydrogens (tertiary/aromatic N) is 1. The van der Waals surface area contributed by atoms with E-state index in [1.54, 1.807) is 0 Å². The van der Waals surface area contributed by atoms with E-state index in [-0.39, 0.29) is 0 Å². The van der Waals surface area contributed by atoms with Crippen LogP contribution in [0.5, 0.6) is 0 Å². The molecule has 18 heavy (non-hydrogen) atoms. The maximum Gasteiger partial charge on any atom is 0.0261 e. The van der Waals surface area contributed by atoms with Crippen molar-refractivity contribution in [2.45, 2.75) is 51.1 Å². The Morgan fingerprint density at radius 2 is 2.00 bits per heavy atom. The van der Waals surface area contributed by atoms with Gasteiger partial charge in [0.2, 0.25) is 0 Å². The molecule has 2 unspecified atom stereocenters. The van der Waals surface area contributed by atoms with Crippen LogP contribution in [0.2, 0.25) is 0 Å². The summed E-state index contributed by atoms with van der Waals surface area (Å²) in [5, 5.41) is 0. The van der Waals surface area contributed by atoms with E-state index in [2.05, 4.69) is 42.2 Å². The summed E-state index contributed by atoms with van der Waals surface area (Å²) in [5.74, 6) is 0. The Morgan fingerprint density at radius 1 is 1.22 bits per heavy atom. The van der Waals surface area contributed by atoms with Crippen molar-refractivity contribution >= 4 is 0 Å². The number of benzene rings is 1. The van der Waals surface area contributed by atoms with Crippen molar-refractivity contribution in [1.29, 1.82) is 0 Å². The van der Waals surface area contributed by atoms with Crippen molar-refractivity contribution < 1.29 is 0 Å². The summed E-state index contributed by atoms with van der Waals surface area (Å²) >= 11 is 0. The first kappa shape index (κ1) is 13.6. The SMILES string of the molecule is CC1CCCCCN1C(CN)Cc1ccccc1. The minimum absolute atomic E-state index is 0.500. The van der Waals surface area contributed by atoms with Crippen molar-refractivity contribution in [2.24, 2.45) is 5.73 Å². The van der Waals surface area contributed by atoms with Crippen LogP contribution in [0.15, 0.2) is 30.3 Å². The maximum atomic E-state index is 6.02. The summed E-state index contributed by atoms with van der Waals surface area (Å²) in [5.41, 5.74) is 7.43. The van der Waals surface area contributed by atoms with E-state index in [0.29, 0.717) is 12.1 Å². The van der Waals surface area contributed by atoms with Gasteiger partial charge in [-0.15, -0.1) is 0 Å². The molecule has 1 saturated heterocycles. The van der Waals surface area contributed by atoms with Crippen LogP contribution in [-0.2, 0) is 6.42 Å². The Morgan fingerprint density at radius 3 is 2.72 bits per heavy atom. The summed E-state index contributed by atoms with van der Waals surface area (Å²) in [7, 11) is 0. The van der Waals surface area contributed by atoms with Gasteiger partial charge in [0.05, 0.1) is 0 Å². The fraction of sp³-hybridized carbons (Fsp3) is 0.625. The second kappa shape index (κ2) is 6.91. The van der Waals surface area contributed by atoms with Gasteiger partial charge in [0, 0.05) is 18.6 Å². The monoisotopic (exact) mass is 246 g/mol. The van der Waals surface area contributed by atoms with Crippen LogP contribution < -0.4 is 5.73 Å². The van der Waals surface area contributed by atoms with E-state index >= 15 is 0 Å². The molecule has 1 fully saturated rings. The molecule has 2 heteroatoms. The zero-order chi connectivity index (χ0) is 12.8. The second-order valence-corrected chi connectivity index (χ2v) is 5.52. The summed E-state index contributed by atoms with van der Waals surface area (Å²) in [6.45, 7) is 4.34. The predicted octanol–water partition coefficient (Wildman–Crippen LogP) is 2.82. The molecule has 2 nitrogen and oxygen atoms in total. The minimum atomic E-state index is 0.500. The fourth-order valence-electron chi connectivity index (χ4n) is 3.06. The molecule has 100 valence electrons. The van der Waals surface area contributed by atoms with Crippen molar-refractivity contribution in [3.8, 4) is 0 Å². The molecule has 0 saturated carbocycles. The summed E-state index contributed by atoms with van der Waals surface area (Å²) < 4.78 is 0. The molecule has 0 spiro atoms. The lowest BCUT2D eigenvalue weighted by Crippen LogP contribution is -2.46. The zero-order valence-corrected chi connectivity index (χ0v) is 11.5. The molecule has 1 aromatic carbocycles. The van der Waals surface area contributed by atoms with E-state index in [0.717, 1.165) is 13.0 Å². The second-order valence-electron chi connectivity index (χ2n) is 5.52. The van der Waals surface area contributed by atoms with Crippen LogP contribution in [0.4, 0.5) is 0 Å². The molecule has 1 aromatic rings. The third kappa shape index (κ3) is 3.56. The number of hydrogen-bond donors (Lipinski definition) is 1. The average Bonchev–Trinajstić information content (AvgIpc) is 2.62. The molecule has 0 bridgehead atoms. The molecule has 2 rings (SSSR count). The Hall–Kier alpha value is -0.860. The summed E-state index contributed by atoms with van der Waals surface area (Å²) in [6.07, 6.45) is 6.49. The van der Waals surface area contributed by atoms with E-state index in [9.17, 15) is 0 Å². The van der Waals surface area contributed by atoms with Gasteiger partial charge in [-0.05, 0) is 38.3 Å². The van der Waals surface area contributed by atoms with Gasteiger partial charge >= 0.3 is 0 Å². The van der Waals surface area contributed by atoms with Crippen LogP contribution >= 0.6 is 0 Å². The Labute approximate surface area is 111 Å². The molecular formula is C16H26N2. The molecule has 2 atom stereocenters. The van der Waals surface area contributed by atoms with Gasteiger partial charge in [-0.3, -0.25) is 4.90 Å². The van der Waals surface area contributed by atoms with Gasteiger partial charge in [-0.1, -0.05) is 43.2 Å². The zero-order valence-electron chi connectivity index (χ0n) is 11.5. The molecule has 2 N–H and O–H groups in total. The van der Waals surface area contributed by atoms with Gasteiger partial charge in [0.15, 0.2) is 0 Å². The maximum absolute atomic E-state index is 6.02. The standard InChI is InChI=1S/C16H26N2/c1-14-8-4-3-7-11-18(14)16(13-17)12-15-9-5-2-6-10-15/h2,5-6,9-10,14,16H,3-4,7-8,11-13,17H2,1H3. The van der Waals surface area contributed by atoms with Crippen LogP contribution in [-0.4, -0.2) is 30.1 Å². The first-order chi connectivity index (χ1) is 8.81. The number of hydrogen-bond acceptors (Lipinski definition) is 2. The Kier molecular flexibility index (Phi) is 5.21. The fourth-order valence-corrected chi connectivity index (χ4v) is 3.06. The van der Waals surface area contributed by atoms with E-state index in [1.165, 1.54) is 37.8 Å². The summed E-state index contributed by atoms with van der Waals surface area (Å²) in [4.78, 5) is 2.64. The van der Waals surface area contributed by atoms with Crippen LogP contribution in [0.1, 0.15) is 38.2 Å². The normalized spacial score (nSPS) is 23.6. The van der Waals surface area contributed by atoms with Crippen LogP contribution in [0.25, 0.3) is 0 Å². The molecule has 0 aliphatic carbocycles. The topological polar surface area (TPSA) is 29.3 Å². The van der Waals surface area contributed by atoms with Crippen molar-refractivity contribution in [2.75, 3.05) is 13.1 Å². The quantitative estimate of drug-likeness (QED) is 0.885. The van der Waals surface area contributed by atoms with Crippen molar-refractivity contribution in [3.05, 3.63) is 35.9 Å². The van der Waals surface area contributed by atoms with Crippen LogP contribution in [0.3, 0.4) is 0 Å². The minimum Gasteiger partial charge on any atom is -0.329 e. The van der Waals surface area contributed by atoms with Gasteiger partial charge in [0.25, 0.3) is 0 Å². The first-order valence-corrected chi connectivity index (χ1v) is 7.31. The highest BCUT2D eigenvalue weighted by atomic mass is 15.2. The average molecular weight is 246 g/mol. The van der Waals surface area contributed by atoms with Gasteiger partial charge in [-0.2, -0.15) is 0 Å². The van der Waals surface area contributed by atoms with Gasteiger partial charge in [-0.25, -0.2) is 0 Å². The third-order valence-corrected chi connectivity index (χ3v) is 4.16. The smallest absolute Gasteiger partial charge is 0.0261 e. The molecule has 0 radical (unpaired) electrons.